The van der Waals surface area contributed by atoms with Crippen LogP contribution in [0.2, 0.25) is 0 Å². The Hall–Kier alpha value is -2.21. The normalized spacial score (nSPS) is 17.6. The number of fused-ring (bicyclic) bond motifs is 1. The van der Waals surface area contributed by atoms with E-state index in [1.54, 1.807) is 7.11 Å². The van der Waals surface area contributed by atoms with Crippen molar-refractivity contribution in [1.82, 2.24) is 15.3 Å². The minimum atomic E-state index is -0.419. The van der Waals surface area contributed by atoms with E-state index in [1.807, 2.05) is 24.3 Å². The highest BCUT2D eigenvalue weighted by Gasteiger charge is 2.40. The van der Waals surface area contributed by atoms with Crippen LogP contribution in [0.25, 0.3) is 22.6 Å². The monoisotopic (exact) mass is 285 g/mol. The average Bonchev–Trinajstić information content (AvgIpc) is 3.25. The van der Waals surface area contributed by atoms with Gasteiger partial charge in [-0.2, -0.15) is 4.98 Å². The molecule has 6 heteroatoms. The highest BCUT2D eigenvalue weighted by molar-refractivity contribution is 5.89. The van der Waals surface area contributed by atoms with Gasteiger partial charge >= 0.3 is 0 Å². The van der Waals surface area contributed by atoms with Crippen LogP contribution in [0, 0.1) is 0 Å². The summed E-state index contributed by atoms with van der Waals surface area (Å²) in [7, 11) is 1.70. The molecule has 0 N–H and O–H groups in total. The van der Waals surface area contributed by atoms with Crippen LogP contribution in [0.5, 0.6) is 0 Å². The van der Waals surface area contributed by atoms with Gasteiger partial charge in [-0.3, -0.25) is 0 Å². The fraction of sp³-hybridized carbons (Fsp3) is 0.400. The van der Waals surface area contributed by atoms with Gasteiger partial charge in [0.05, 0.1) is 5.39 Å². The van der Waals surface area contributed by atoms with E-state index in [0.29, 0.717) is 17.5 Å². The van der Waals surface area contributed by atoms with E-state index in [2.05, 4.69) is 15.3 Å². The highest BCUT2D eigenvalue weighted by atomic mass is 16.5. The maximum atomic E-state index is 5.67. The lowest BCUT2D eigenvalue weighted by Crippen LogP contribution is -2.25. The van der Waals surface area contributed by atoms with E-state index >= 15 is 0 Å². The first kappa shape index (κ1) is 12.5. The molecule has 6 nitrogen and oxygen atoms in total. The van der Waals surface area contributed by atoms with Crippen molar-refractivity contribution in [2.75, 3.05) is 7.11 Å². The number of hydrogen-bond donors (Lipinski definition) is 0. The molecule has 1 saturated carbocycles. The summed E-state index contributed by atoms with van der Waals surface area (Å²) in [5.41, 5.74) is 0.354. The molecule has 0 bridgehead atoms. The molecule has 0 unspecified atom stereocenters. The molecule has 0 atom stereocenters. The van der Waals surface area contributed by atoms with Crippen molar-refractivity contribution in [2.45, 2.75) is 31.3 Å². The maximum absolute atomic E-state index is 5.67. The molecule has 0 saturated heterocycles. The van der Waals surface area contributed by atoms with Crippen molar-refractivity contribution in [3.63, 3.8) is 0 Å². The predicted octanol–water partition coefficient (Wildman–Crippen LogP) is 3.29. The molecule has 0 spiro atoms. The molecule has 1 aliphatic carbocycles. The Balaban J connectivity index is 1.77. The zero-order chi connectivity index (χ0) is 14.3. The van der Waals surface area contributed by atoms with Crippen molar-refractivity contribution in [3.05, 3.63) is 30.1 Å². The molecular formula is C15H15N3O3. The van der Waals surface area contributed by atoms with E-state index < -0.39 is 5.60 Å². The first-order chi connectivity index (χ1) is 10.3. The standard InChI is InChI=1S/C15H15N3O3/c1-19-15(8-4-5-9-15)14-16-13(21-18-14)12-10-6-2-3-7-11(10)17-20-12/h2-3,6-7H,4-5,8-9H2,1H3. The second-order valence-corrected chi connectivity index (χ2v) is 5.36. The number of hydrogen-bond acceptors (Lipinski definition) is 6. The third-order valence-electron chi connectivity index (χ3n) is 4.21. The van der Waals surface area contributed by atoms with E-state index in [4.69, 9.17) is 13.8 Å². The van der Waals surface area contributed by atoms with Crippen LogP contribution in [0.15, 0.2) is 33.3 Å². The molecule has 2 aromatic heterocycles. The lowest BCUT2D eigenvalue weighted by molar-refractivity contribution is -0.0178. The van der Waals surface area contributed by atoms with E-state index in [9.17, 15) is 0 Å². The largest absolute Gasteiger partial charge is 0.370 e. The Morgan fingerprint density at radius 3 is 2.71 bits per heavy atom. The van der Waals surface area contributed by atoms with Gasteiger partial charge in [-0.15, -0.1) is 0 Å². The molecule has 0 amide bonds. The zero-order valence-corrected chi connectivity index (χ0v) is 11.7. The number of ether oxygens (including phenoxy) is 1. The number of methoxy groups -OCH3 is 1. The Labute approximate surface area is 121 Å². The summed E-state index contributed by atoms with van der Waals surface area (Å²) in [6, 6.07) is 7.64. The summed E-state index contributed by atoms with van der Waals surface area (Å²) in [5.74, 6) is 1.45. The maximum Gasteiger partial charge on any atom is 0.297 e. The van der Waals surface area contributed by atoms with Crippen LogP contribution in [0.1, 0.15) is 31.5 Å². The molecular weight excluding hydrogens is 270 g/mol. The quantitative estimate of drug-likeness (QED) is 0.735. The molecule has 4 rings (SSSR count). The van der Waals surface area contributed by atoms with Gasteiger partial charge in [0.1, 0.15) is 11.1 Å². The second kappa shape index (κ2) is 4.66. The van der Waals surface area contributed by atoms with Gasteiger partial charge < -0.3 is 13.8 Å². The fourth-order valence-electron chi connectivity index (χ4n) is 3.01. The summed E-state index contributed by atoms with van der Waals surface area (Å²) in [6.07, 6.45) is 4.06. The van der Waals surface area contributed by atoms with Gasteiger partial charge in [0, 0.05) is 7.11 Å². The summed E-state index contributed by atoms with van der Waals surface area (Å²) < 4.78 is 16.4. The van der Waals surface area contributed by atoms with Crippen LogP contribution in [-0.2, 0) is 10.3 Å². The zero-order valence-electron chi connectivity index (χ0n) is 11.7. The number of nitrogens with zero attached hydrogens (tertiary/aromatic N) is 3. The third kappa shape index (κ3) is 1.86. The molecule has 3 aromatic rings. The van der Waals surface area contributed by atoms with E-state index in [0.717, 1.165) is 36.6 Å². The van der Waals surface area contributed by atoms with Crippen LogP contribution in [0.4, 0.5) is 0 Å². The molecule has 108 valence electrons. The minimum absolute atomic E-state index is 0.349. The number of benzene rings is 1. The van der Waals surface area contributed by atoms with Gasteiger partial charge in [0.15, 0.2) is 0 Å². The van der Waals surface area contributed by atoms with Crippen molar-refractivity contribution in [3.8, 4) is 11.7 Å². The molecule has 1 aliphatic rings. The molecule has 0 aliphatic heterocycles. The van der Waals surface area contributed by atoms with Gasteiger partial charge in [-0.1, -0.05) is 22.4 Å². The van der Waals surface area contributed by atoms with Crippen molar-refractivity contribution in [1.29, 1.82) is 0 Å². The minimum Gasteiger partial charge on any atom is -0.370 e. The molecule has 0 radical (unpaired) electrons. The summed E-state index contributed by atoms with van der Waals surface area (Å²) in [6.45, 7) is 0. The van der Waals surface area contributed by atoms with E-state index in [-0.39, 0.29) is 0 Å². The third-order valence-corrected chi connectivity index (χ3v) is 4.21. The first-order valence-corrected chi connectivity index (χ1v) is 7.06. The van der Waals surface area contributed by atoms with Gasteiger partial charge in [-0.25, -0.2) is 0 Å². The summed E-state index contributed by atoms with van der Waals surface area (Å²) in [4.78, 5) is 4.49. The second-order valence-electron chi connectivity index (χ2n) is 5.36. The average molecular weight is 285 g/mol. The van der Waals surface area contributed by atoms with Crippen LogP contribution in [0.3, 0.4) is 0 Å². The SMILES string of the molecule is COC1(c2noc(-c3onc4ccccc34)n2)CCCC1. The van der Waals surface area contributed by atoms with Crippen LogP contribution < -0.4 is 0 Å². The van der Waals surface area contributed by atoms with Crippen molar-refractivity contribution >= 4 is 10.9 Å². The lowest BCUT2D eigenvalue weighted by atomic mass is 10.0. The predicted molar refractivity (Wildman–Crippen MR) is 74.5 cm³/mol. The van der Waals surface area contributed by atoms with Crippen molar-refractivity contribution < 1.29 is 13.8 Å². The van der Waals surface area contributed by atoms with Crippen molar-refractivity contribution in [2.24, 2.45) is 0 Å². The highest BCUT2D eigenvalue weighted by Crippen LogP contribution is 2.41. The molecule has 1 fully saturated rings. The molecule has 1 aromatic carbocycles. The number of aromatic nitrogens is 3. The van der Waals surface area contributed by atoms with Crippen LogP contribution >= 0.6 is 0 Å². The fourth-order valence-corrected chi connectivity index (χ4v) is 3.01. The lowest BCUT2D eigenvalue weighted by Gasteiger charge is -2.22. The topological polar surface area (TPSA) is 74.2 Å². The Bertz CT molecular complexity index is 771. The molecule has 21 heavy (non-hydrogen) atoms. The Kier molecular flexibility index (Phi) is 2.78. The summed E-state index contributed by atoms with van der Waals surface area (Å²) >= 11 is 0. The Morgan fingerprint density at radius 1 is 1.10 bits per heavy atom. The first-order valence-electron chi connectivity index (χ1n) is 7.06. The van der Waals surface area contributed by atoms with Gasteiger partial charge in [0.25, 0.3) is 5.89 Å². The molecule has 2 heterocycles. The number of rotatable bonds is 3. The smallest absolute Gasteiger partial charge is 0.297 e. The summed E-state index contributed by atoms with van der Waals surface area (Å²) in [5, 5.41) is 8.98. The Morgan fingerprint density at radius 2 is 1.90 bits per heavy atom. The van der Waals surface area contributed by atoms with E-state index in [1.165, 1.54) is 0 Å². The van der Waals surface area contributed by atoms with Gasteiger partial charge in [-0.05, 0) is 37.8 Å². The van der Waals surface area contributed by atoms with Crippen LogP contribution in [-0.4, -0.2) is 22.4 Å². The van der Waals surface area contributed by atoms with Gasteiger partial charge in [0.2, 0.25) is 11.6 Å².